The fourth-order valence-corrected chi connectivity index (χ4v) is 4.03. The molecule has 0 bridgehead atoms. The molecule has 0 radical (unpaired) electrons. The Kier molecular flexibility index (Phi) is 5.07. The van der Waals surface area contributed by atoms with Gasteiger partial charge in [0.25, 0.3) is 0 Å². The van der Waals surface area contributed by atoms with Gasteiger partial charge >= 0.3 is 16.4 Å². The van der Waals surface area contributed by atoms with Gasteiger partial charge in [-0.15, -0.1) is 13.2 Å². The van der Waals surface area contributed by atoms with Crippen LogP contribution in [0.15, 0.2) is 48.2 Å². The van der Waals surface area contributed by atoms with Gasteiger partial charge in [-0.05, 0) is 19.1 Å². The van der Waals surface area contributed by atoms with Gasteiger partial charge in [0.05, 0.1) is 5.75 Å². The van der Waals surface area contributed by atoms with E-state index in [1.807, 2.05) is 0 Å². The van der Waals surface area contributed by atoms with E-state index < -0.39 is 26.0 Å². The van der Waals surface area contributed by atoms with E-state index in [2.05, 4.69) is 4.74 Å². The third-order valence-electron chi connectivity index (χ3n) is 3.67. The van der Waals surface area contributed by atoms with Gasteiger partial charge in [-0.2, -0.15) is 12.3 Å². The largest absolute Gasteiger partial charge is 0.573 e. The number of halogens is 3. The van der Waals surface area contributed by atoms with Gasteiger partial charge in [0, 0.05) is 24.3 Å². The molecule has 1 atom stereocenters. The molecular formula is C15H18F3N2O3S+. The van der Waals surface area contributed by atoms with Crippen LogP contribution in [0.4, 0.5) is 18.9 Å². The van der Waals surface area contributed by atoms with E-state index in [4.69, 9.17) is 5.73 Å². The summed E-state index contributed by atoms with van der Waals surface area (Å²) in [4.78, 5) is 0. The molecule has 132 valence electrons. The van der Waals surface area contributed by atoms with Crippen molar-refractivity contribution in [2.24, 2.45) is 5.73 Å². The van der Waals surface area contributed by atoms with Crippen LogP contribution >= 0.6 is 0 Å². The zero-order chi connectivity index (χ0) is 18.0. The van der Waals surface area contributed by atoms with Gasteiger partial charge < -0.3 is 10.5 Å². The van der Waals surface area contributed by atoms with Gasteiger partial charge in [0.2, 0.25) is 0 Å². The molecule has 2 N–H and O–H groups in total. The molecule has 1 aromatic carbocycles. The van der Waals surface area contributed by atoms with Crippen molar-refractivity contribution >= 4 is 15.7 Å². The Bertz CT molecular complexity index is 772. The summed E-state index contributed by atoms with van der Waals surface area (Å²) in [6.45, 7) is 1.67. The van der Waals surface area contributed by atoms with Crippen molar-refractivity contribution in [1.29, 1.82) is 0 Å². The Morgan fingerprint density at radius 2 is 2.04 bits per heavy atom. The van der Waals surface area contributed by atoms with E-state index in [1.54, 1.807) is 12.2 Å². The molecule has 9 heteroatoms. The summed E-state index contributed by atoms with van der Waals surface area (Å²) in [7, 11) is -3.72. The Morgan fingerprint density at radius 1 is 1.33 bits per heavy atom. The minimum absolute atomic E-state index is 0.0646. The Hall–Kier alpha value is -1.84. The lowest BCUT2D eigenvalue weighted by Crippen LogP contribution is -2.51. The molecule has 1 heterocycles. The van der Waals surface area contributed by atoms with Crippen molar-refractivity contribution < 1.29 is 26.3 Å². The van der Waals surface area contributed by atoms with Crippen LogP contribution in [0.3, 0.4) is 0 Å². The lowest BCUT2D eigenvalue weighted by Gasteiger charge is -2.34. The smallest absolute Gasteiger partial charge is 0.406 e. The second-order valence-corrected chi connectivity index (χ2v) is 7.60. The van der Waals surface area contributed by atoms with E-state index in [9.17, 15) is 21.6 Å². The molecule has 1 unspecified atom stereocenters. The molecule has 0 spiro atoms. The number of benzene rings is 1. The van der Waals surface area contributed by atoms with Gasteiger partial charge in [-0.1, -0.05) is 12.1 Å². The van der Waals surface area contributed by atoms with Crippen LogP contribution in [0.1, 0.15) is 6.92 Å². The molecule has 1 aliphatic rings. The SMILES string of the molecule is CCS(=O)(=O)[N+]1(c2cccc(OC(F)(F)F)c2)C=C(CN)C=CC1. The van der Waals surface area contributed by atoms with Crippen molar-refractivity contribution in [3.05, 3.63) is 48.2 Å². The van der Waals surface area contributed by atoms with Crippen LogP contribution in [-0.4, -0.2) is 33.6 Å². The van der Waals surface area contributed by atoms with Crippen molar-refractivity contribution in [3.63, 3.8) is 0 Å². The van der Waals surface area contributed by atoms with Gasteiger partial charge in [0.15, 0.2) is 5.69 Å². The van der Waals surface area contributed by atoms with Crippen LogP contribution in [-0.2, 0) is 10.0 Å². The van der Waals surface area contributed by atoms with E-state index in [0.29, 0.717) is 5.57 Å². The van der Waals surface area contributed by atoms with Crippen molar-refractivity contribution in [2.75, 3.05) is 18.8 Å². The Labute approximate surface area is 138 Å². The molecule has 5 nitrogen and oxygen atoms in total. The molecule has 0 saturated carbocycles. The summed E-state index contributed by atoms with van der Waals surface area (Å²) in [6, 6.07) is 5.00. The van der Waals surface area contributed by atoms with Crippen LogP contribution in [0.2, 0.25) is 0 Å². The fourth-order valence-electron chi connectivity index (χ4n) is 2.53. The topological polar surface area (TPSA) is 69.4 Å². The predicted octanol–water partition coefficient (Wildman–Crippen LogP) is 2.65. The minimum atomic E-state index is -4.85. The summed E-state index contributed by atoms with van der Waals surface area (Å²) in [5.41, 5.74) is 6.35. The first kappa shape index (κ1) is 18.5. The number of hydrogen-bond donors (Lipinski definition) is 1. The van der Waals surface area contributed by atoms with E-state index in [0.717, 1.165) is 12.1 Å². The van der Waals surface area contributed by atoms with Crippen molar-refractivity contribution in [1.82, 2.24) is 3.89 Å². The van der Waals surface area contributed by atoms with Gasteiger partial charge in [-0.3, -0.25) is 0 Å². The summed E-state index contributed by atoms with van der Waals surface area (Å²) in [6.07, 6.45) is -0.0386. The number of alkyl halides is 3. The highest BCUT2D eigenvalue weighted by atomic mass is 32.2. The molecule has 0 saturated heterocycles. The molecular weight excluding hydrogens is 345 g/mol. The fraction of sp³-hybridized carbons (Fsp3) is 0.333. The number of quaternary nitrogens is 1. The highest BCUT2D eigenvalue weighted by molar-refractivity contribution is 7.91. The maximum Gasteiger partial charge on any atom is 0.573 e. The number of ether oxygens (including phenoxy) is 1. The van der Waals surface area contributed by atoms with E-state index in [-0.39, 0.29) is 24.5 Å². The average molecular weight is 363 g/mol. The van der Waals surface area contributed by atoms with Crippen LogP contribution in [0.25, 0.3) is 0 Å². The second kappa shape index (κ2) is 6.58. The highest BCUT2D eigenvalue weighted by Crippen LogP contribution is 2.35. The highest BCUT2D eigenvalue weighted by Gasteiger charge is 2.43. The standard InChI is InChI=1S/C15H18F3N2O3S/c1-2-24(21,22)20(8-4-5-12(10-19)11-20)13-6-3-7-14(9-13)23-15(16,17)18/h3-7,9,11H,2,8,10,19H2,1H3/q+1. The van der Waals surface area contributed by atoms with Crippen LogP contribution < -0.4 is 14.4 Å². The average Bonchev–Trinajstić information content (AvgIpc) is 2.53. The molecule has 1 aliphatic heterocycles. The number of rotatable bonds is 5. The molecule has 2 rings (SSSR count). The maximum absolute atomic E-state index is 12.7. The summed E-state index contributed by atoms with van der Waals surface area (Å²) >= 11 is 0. The van der Waals surface area contributed by atoms with Crippen LogP contribution in [0, 0.1) is 0 Å². The first-order chi connectivity index (χ1) is 11.1. The summed E-state index contributed by atoms with van der Waals surface area (Å²) in [5.74, 6) is -0.652. The van der Waals surface area contributed by atoms with Crippen LogP contribution in [0.5, 0.6) is 5.75 Å². The van der Waals surface area contributed by atoms with E-state index in [1.165, 1.54) is 25.3 Å². The lowest BCUT2D eigenvalue weighted by molar-refractivity contribution is -0.274. The molecule has 0 fully saturated rings. The van der Waals surface area contributed by atoms with E-state index >= 15 is 0 Å². The normalized spacial score (nSPS) is 21.5. The second-order valence-electron chi connectivity index (χ2n) is 5.20. The monoisotopic (exact) mass is 363 g/mol. The first-order valence-corrected chi connectivity index (χ1v) is 8.80. The molecule has 1 aromatic rings. The van der Waals surface area contributed by atoms with Gasteiger partial charge in [0.1, 0.15) is 18.5 Å². The molecule has 0 amide bonds. The summed E-state index contributed by atoms with van der Waals surface area (Å²) in [5, 5.41) is 0. The zero-order valence-corrected chi connectivity index (χ0v) is 13.8. The molecule has 0 aromatic heterocycles. The zero-order valence-electron chi connectivity index (χ0n) is 13.0. The third-order valence-corrected chi connectivity index (χ3v) is 5.86. The predicted molar refractivity (Wildman–Crippen MR) is 85.5 cm³/mol. The third kappa shape index (κ3) is 3.63. The van der Waals surface area contributed by atoms with Crippen molar-refractivity contribution in [3.8, 4) is 5.75 Å². The Balaban J connectivity index is 2.60. The number of sulfonamides is 1. The Morgan fingerprint density at radius 3 is 2.62 bits per heavy atom. The minimum Gasteiger partial charge on any atom is -0.406 e. The quantitative estimate of drug-likeness (QED) is 0.817. The number of nitrogens with zero attached hydrogens (tertiary/aromatic N) is 1. The molecule has 24 heavy (non-hydrogen) atoms. The molecule has 0 aliphatic carbocycles. The lowest BCUT2D eigenvalue weighted by atomic mass is 10.2. The summed E-state index contributed by atoms with van der Waals surface area (Å²) < 4.78 is 66.1. The maximum atomic E-state index is 12.7. The number of nitrogens with two attached hydrogens (primary N) is 1. The first-order valence-electron chi connectivity index (χ1n) is 7.19. The van der Waals surface area contributed by atoms with Crippen molar-refractivity contribution in [2.45, 2.75) is 13.3 Å². The number of hydrogen-bond acceptors (Lipinski definition) is 4. The van der Waals surface area contributed by atoms with Gasteiger partial charge in [-0.25, -0.2) is 0 Å².